The van der Waals surface area contributed by atoms with Crippen molar-refractivity contribution in [3.05, 3.63) is 35.4 Å². The van der Waals surface area contributed by atoms with Gasteiger partial charge in [0.25, 0.3) is 0 Å². The molecular weight excluding hydrogens is 226 g/mol. The molecule has 0 aliphatic rings. The minimum Gasteiger partial charge on any atom is -0.459 e. The van der Waals surface area contributed by atoms with Gasteiger partial charge in [-0.25, -0.2) is 4.79 Å². The highest BCUT2D eigenvalue weighted by Gasteiger charge is 2.07. The first kappa shape index (κ1) is 14.3. The zero-order chi connectivity index (χ0) is 13.6. The van der Waals surface area contributed by atoms with Gasteiger partial charge in [-0.3, -0.25) is 0 Å². The van der Waals surface area contributed by atoms with E-state index in [9.17, 15) is 4.79 Å². The van der Waals surface area contributed by atoms with Crippen molar-refractivity contribution in [2.24, 2.45) is 0 Å². The second-order valence-electron chi connectivity index (χ2n) is 5.04. The van der Waals surface area contributed by atoms with Gasteiger partial charge >= 0.3 is 5.97 Å². The normalized spacial score (nSPS) is 10.4. The molecule has 0 saturated carbocycles. The van der Waals surface area contributed by atoms with E-state index in [1.807, 2.05) is 24.3 Å². The van der Waals surface area contributed by atoms with E-state index >= 15 is 0 Å². The van der Waals surface area contributed by atoms with Crippen LogP contribution in [0, 0.1) is 11.8 Å². The van der Waals surface area contributed by atoms with Crippen LogP contribution in [-0.2, 0) is 16.1 Å². The van der Waals surface area contributed by atoms with Crippen LogP contribution in [0.3, 0.4) is 0 Å². The van der Waals surface area contributed by atoms with Gasteiger partial charge < -0.3 is 10.1 Å². The maximum atomic E-state index is 10.9. The van der Waals surface area contributed by atoms with E-state index in [1.165, 1.54) is 12.7 Å². The maximum Gasteiger partial charge on any atom is 0.384 e. The van der Waals surface area contributed by atoms with Gasteiger partial charge in [0, 0.05) is 23.6 Å². The molecule has 0 atom stereocenters. The molecule has 0 fully saturated rings. The Morgan fingerprint density at radius 3 is 2.39 bits per heavy atom. The lowest BCUT2D eigenvalue weighted by Gasteiger charge is -2.20. The van der Waals surface area contributed by atoms with Crippen LogP contribution >= 0.6 is 0 Å². The number of carbonyl (C=O) groups is 1. The van der Waals surface area contributed by atoms with E-state index in [4.69, 9.17) is 0 Å². The number of esters is 1. The Morgan fingerprint density at radius 2 is 1.89 bits per heavy atom. The second kappa shape index (κ2) is 6.23. The van der Waals surface area contributed by atoms with Gasteiger partial charge in [-0.2, -0.15) is 0 Å². The lowest BCUT2D eigenvalue weighted by Crippen LogP contribution is -2.35. The standard InChI is InChI=1S/C15H19NO2/c1-15(2,3)16-11-13-7-5-12(6-8-13)9-10-14(17)18-4/h5-8,16H,11H2,1-4H3. The molecule has 0 aromatic heterocycles. The molecule has 0 saturated heterocycles. The fourth-order valence-electron chi connectivity index (χ4n) is 1.25. The van der Waals surface area contributed by atoms with E-state index in [0.717, 1.165) is 12.1 Å². The molecule has 3 nitrogen and oxygen atoms in total. The Labute approximate surface area is 109 Å². The van der Waals surface area contributed by atoms with Crippen LogP contribution in [0.5, 0.6) is 0 Å². The molecule has 0 aliphatic carbocycles. The number of hydrogen-bond acceptors (Lipinski definition) is 3. The molecule has 96 valence electrons. The van der Waals surface area contributed by atoms with Gasteiger partial charge in [0.2, 0.25) is 0 Å². The average Bonchev–Trinajstić information content (AvgIpc) is 2.33. The summed E-state index contributed by atoms with van der Waals surface area (Å²) in [4.78, 5) is 10.9. The van der Waals surface area contributed by atoms with Gasteiger partial charge in [-0.15, -0.1) is 0 Å². The summed E-state index contributed by atoms with van der Waals surface area (Å²) >= 11 is 0. The Morgan fingerprint density at radius 1 is 1.28 bits per heavy atom. The largest absolute Gasteiger partial charge is 0.459 e. The first-order chi connectivity index (χ1) is 8.40. The van der Waals surface area contributed by atoms with Crippen LogP contribution in [0.2, 0.25) is 0 Å². The van der Waals surface area contributed by atoms with Gasteiger partial charge in [0.1, 0.15) is 0 Å². The van der Waals surface area contributed by atoms with Crippen LogP contribution < -0.4 is 5.32 Å². The van der Waals surface area contributed by atoms with E-state index < -0.39 is 5.97 Å². The van der Waals surface area contributed by atoms with Gasteiger partial charge in [0.05, 0.1) is 7.11 Å². The van der Waals surface area contributed by atoms with E-state index in [2.05, 4.69) is 42.7 Å². The molecular formula is C15H19NO2. The molecule has 0 heterocycles. The van der Waals surface area contributed by atoms with Gasteiger partial charge in [-0.05, 0) is 38.5 Å². The predicted octanol–water partition coefficient (Wildman–Crippen LogP) is 2.10. The van der Waals surface area contributed by atoms with Crippen molar-refractivity contribution in [3.63, 3.8) is 0 Å². The summed E-state index contributed by atoms with van der Waals surface area (Å²) in [5, 5.41) is 3.41. The number of rotatable bonds is 2. The SMILES string of the molecule is COC(=O)C#Cc1ccc(CNC(C)(C)C)cc1. The molecule has 18 heavy (non-hydrogen) atoms. The summed E-state index contributed by atoms with van der Waals surface area (Å²) in [7, 11) is 1.32. The fourth-order valence-corrected chi connectivity index (χ4v) is 1.25. The lowest BCUT2D eigenvalue weighted by molar-refractivity contribution is -0.133. The highest BCUT2D eigenvalue weighted by atomic mass is 16.5. The third-order valence-corrected chi connectivity index (χ3v) is 2.27. The molecule has 0 bridgehead atoms. The van der Waals surface area contributed by atoms with Crippen molar-refractivity contribution in [3.8, 4) is 11.8 Å². The molecule has 1 aromatic carbocycles. The third-order valence-electron chi connectivity index (χ3n) is 2.27. The highest BCUT2D eigenvalue weighted by Crippen LogP contribution is 2.06. The summed E-state index contributed by atoms with van der Waals surface area (Å²) < 4.78 is 4.45. The topological polar surface area (TPSA) is 38.3 Å². The monoisotopic (exact) mass is 245 g/mol. The molecule has 1 N–H and O–H groups in total. The summed E-state index contributed by atoms with van der Waals surface area (Å²) in [6.45, 7) is 7.20. The van der Waals surface area contributed by atoms with Crippen molar-refractivity contribution in [2.75, 3.05) is 7.11 Å². The number of benzene rings is 1. The van der Waals surface area contributed by atoms with Gasteiger partial charge in [-0.1, -0.05) is 18.1 Å². The van der Waals surface area contributed by atoms with Crippen LogP contribution in [-0.4, -0.2) is 18.6 Å². The number of methoxy groups -OCH3 is 1. The van der Waals surface area contributed by atoms with E-state index in [1.54, 1.807) is 0 Å². The smallest absolute Gasteiger partial charge is 0.384 e. The van der Waals surface area contributed by atoms with Crippen LogP contribution in [0.1, 0.15) is 31.9 Å². The number of ether oxygens (including phenoxy) is 1. The summed E-state index contributed by atoms with van der Waals surface area (Å²) in [5.41, 5.74) is 2.09. The van der Waals surface area contributed by atoms with Crippen molar-refractivity contribution >= 4 is 5.97 Å². The fraction of sp³-hybridized carbons (Fsp3) is 0.400. The Bertz CT molecular complexity index is 458. The molecule has 0 radical (unpaired) electrons. The minimum absolute atomic E-state index is 0.101. The molecule has 1 rings (SSSR count). The van der Waals surface area contributed by atoms with Gasteiger partial charge in [0.15, 0.2) is 0 Å². The minimum atomic E-state index is -0.520. The lowest BCUT2D eigenvalue weighted by atomic mass is 10.1. The molecule has 1 aromatic rings. The summed E-state index contributed by atoms with van der Waals surface area (Å²) in [5.74, 6) is 4.63. The van der Waals surface area contributed by atoms with Crippen LogP contribution in [0.15, 0.2) is 24.3 Å². The molecule has 0 amide bonds. The summed E-state index contributed by atoms with van der Waals surface area (Å²) in [6, 6.07) is 7.80. The first-order valence-corrected chi connectivity index (χ1v) is 5.84. The van der Waals surface area contributed by atoms with Crippen molar-refractivity contribution in [1.82, 2.24) is 5.32 Å². The van der Waals surface area contributed by atoms with Crippen molar-refractivity contribution in [1.29, 1.82) is 0 Å². The van der Waals surface area contributed by atoms with E-state index in [-0.39, 0.29) is 5.54 Å². The van der Waals surface area contributed by atoms with Crippen LogP contribution in [0.4, 0.5) is 0 Å². The Hall–Kier alpha value is -1.79. The zero-order valence-electron chi connectivity index (χ0n) is 11.3. The van der Waals surface area contributed by atoms with Crippen molar-refractivity contribution in [2.45, 2.75) is 32.9 Å². The maximum absolute atomic E-state index is 10.9. The number of carbonyl (C=O) groups excluding carboxylic acids is 1. The Kier molecular flexibility index (Phi) is 4.94. The molecule has 0 aliphatic heterocycles. The Balaban J connectivity index is 2.62. The average molecular weight is 245 g/mol. The number of nitrogens with one attached hydrogen (secondary N) is 1. The zero-order valence-corrected chi connectivity index (χ0v) is 11.3. The highest BCUT2D eigenvalue weighted by molar-refractivity contribution is 5.88. The third kappa shape index (κ3) is 5.51. The molecule has 0 spiro atoms. The molecule has 3 heteroatoms. The summed E-state index contributed by atoms with van der Waals surface area (Å²) in [6.07, 6.45) is 0. The molecule has 0 unspecified atom stereocenters. The van der Waals surface area contributed by atoms with Crippen LogP contribution in [0.25, 0.3) is 0 Å². The quantitative estimate of drug-likeness (QED) is 0.640. The van der Waals surface area contributed by atoms with Crippen molar-refractivity contribution < 1.29 is 9.53 Å². The number of hydrogen-bond donors (Lipinski definition) is 1. The van der Waals surface area contributed by atoms with E-state index in [0.29, 0.717) is 0 Å². The predicted molar refractivity (Wildman–Crippen MR) is 71.9 cm³/mol. The first-order valence-electron chi connectivity index (χ1n) is 5.84. The second-order valence-corrected chi connectivity index (χ2v) is 5.04.